The number of aliphatic hydroxyl groups is 1. The number of benzene rings is 3. The Kier molecular flexibility index (Phi) is 11.7. The van der Waals surface area contributed by atoms with Gasteiger partial charge < -0.3 is 29.4 Å². The summed E-state index contributed by atoms with van der Waals surface area (Å²) in [5, 5.41) is 25.7. The molecule has 0 bridgehead atoms. The topological polar surface area (TPSA) is 167 Å². The number of nitrogens with one attached hydrogen (secondary N) is 1. The van der Waals surface area contributed by atoms with Crippen molar-refractivity contribution < 1.29 is 42.2 Å². The van der Waals surface area contributed by atoms with E-state index in [1.807, 2.05) is 56.3 Å². The van der Waals surface area contributed by atoms with Crippen LogP contribution in [0.3, 0.4) is 0 Å². The Hall–Kier alpha value is -4.08. The SMILES string of the molecule is CC(C)CN(C[C@@H](O)[C@H](Cc1ccc(OCc2ccccc2)cc1)NC(=O)OC1CO[C@H]2OCC[C@@H]12)S(=O)(=O)c1cccc([N+](=O)[O-])c1. The Morgan fingerprint density at radius 1 is 1.04 bits per heavy atom. The van der Waals surface area contributed by atoms with Gasteiger partial charge in [0.15, 0.2) is 6.29 Å². The van der Waals surface area contributed by atoms with Crippen molar-refractivity contribution in [3.8, 4) is 5.75 Å². The van der Waals surface area contributed by atoms with Crippen molar-refractivity contribution in [3.05, 3.63) is 100 Å². The molecule has 1 unspecified atom stereocenters. The zero-order valence-corrected chi connectivity index (χ0v) is 27.7. The molecule has 2 aliphatic rings. The van der Waals surface area contributed by atoms with E-state index in [0.717, 1.165) is 21.5 Å². The van der Waals surface area contributed by atoms with Crippen LogP contribution >= 0.6 is 0 Å². The van der Waals surface area contributed by atoms with Crippen LogP contribution in [0.5, 0.6) is 5.75 Å². The molecule has 258 valence electrons. The molecule has 13 nitrogen and oxygen atoms in total. The number of nitro benzene ring substituents is 1. The van der Waals surface area contributed by atoms with Crippen molar-refractivity contribution in [1.82, 2.24) is 9.62 Å². The highest BCUT2D eigenvalue weighted by molar-refractivity contribution is 7.89. The quantitative estimate of drug-likeness (QED) is 0.174. The molecule has 2 N–H and O–H groups in total. The second kappa shape index (κ2) is 15.9. The van der Waals surface area contributed by atoms with Crippen LogP contribution in [0, 0.1) is 22.0 Å². The number of carbonyl (C=O) groups is 1. The lowest BCUT2D eigenvalue weighted by Gasteiger charge is -2.31. The zero-order chi connectivity index (χ0) is 34.3. The Morgan fingerprint density at radius 2 is 1.79 bits per heavy atom. The molecule has 5 rings (SSSR count). The molecule has 48 heavy (non-hydrogen) atoms. The van der Waals surface area contributed by atoms with Gasteiger partial charge in [-0.1, -0.05) is 62.4 Å². The van der Waals surface area contributed by atoms with E-state index >= 15 is 0 Å². The van der Waals surface area contributed by atoms with Gasteiger partial charge in [0.1, 0.15) is 18.5 Å². The molecule has 0 saturated carbocycles. The van der Waals surface area contributed by atoms with Crippen LogP contribution in [-0.4, -0.2) is 79.7 Å². The maximum absolute atomic E-state index is 13.8. The largest absolute Gasteiger partial charge is 0.489 e. The molecule has 2 heterocycles. The number of rotatable bonds is 15. The molecule has 3 aromatic carbocycles. The zero-order valence-electron chi connectivity index (χ0n) is 26.8. The molecule has 2 aliphatic heterocycles. The monoisotopic (exact) mass is 683 g/mol. The predicted molar refractivity (Wildman–Crippen MR) is 175 cm³/mol. The number of ether oxygens (including phenoxy) is 4. The van der Waals surface area contributed by atoms with Crippen LogP contribution in [0.4, 0.5) is 10.5 Å². The van der Waals surface area contributed by atoms with Crippen LogP contribution in [0.2, 0.25) is 0 Å². The molecule has 1 amide bonds. The summed E-state index contributed by atoms with van der Waals surface area (Å²) in [6.45, 7) is 4.35. The number of nitro groups is 1. The summed E-state index contributed by atoms with van der Waals surface area (Å²) in [6, 6.07) is 20.7. The fourth-order valence-corrected chi connectivity index (χ4v) is 7.45. The van der Waals surface area contributed by atoms with Gasteiger partial charge in [0, 0.05) is 25.2 Å². The molecule has 14 heteroatoms. The first-order valence-corrected chi connectivity index (χ1v) is 17.3. The molecule has 0 spiro atoms. The molecule has 0 aromatic heterocycles. The first kappa shape index (κ1) is 35.2. The summed E-state index contributed by atoms with van der Waals surface area (Å²) in [6.07, 6.45) is -2.29. The second-order valence-corrected chi connectivity index (χ2v) is 14.3. The minimum Gasteiger partial charge on any atom is -0.489 e. The number of fused-ring (bicyclic) bond motifs is 1. The summed E-state index contributed by atoms with van der Waals surface area (Å²) in [4.78, 5) is 23.6. The molecule has 3 aromatic rings. The van der Waals surface area contributed by atoms with E-state index < -0.39 is 52.1 Å². The van der Waals surface area contributed by atoms with E-state index in [1.165, 1.54) is 18.2 Å². The van der Waals surface area contributed by atoms with Gasteiger partial charge in [-0.3, -0.25) is 10.1 Å². The van der Waals surface area contributed by atoms with E-state index in [-0.39, 0.29) is 42.0 Å². The fraction of sp³-hybridized carbons (Fsp3) is 0.441. The predicted octanol–water partition coefficient (Wildman–Crippen LogP) is 4.28. The molecule has 5 atom stereocenters. The highest BCUT2D eigenvalue weighted by Gasteiger charge is 2.44. The average molecular weight is 684 g/mol. The highest BCUT2D eigenvalue weighted by atomic mass is 32.2. The van der Waals surface area contributed by atoms with Crippen molar-refractivity contribution >= 4 is 21.8 Å². The first-order chi connectivity index (χ1) is 23.0. The number of hydrogen-bond acceptors (Lipinski definition) is 10. The lowest BCUT2D eigenvalue weighted by atomic mass is 10.0. The summed E-state index contributed by atoms with van der Waals surface area (Å²) in [7, 11) is -4.27. The lowest BCUT2D eigenvalue weighted by molar-refractivity contribution is -0.385. The Bertz CT molecular complexity index is 1640. The third-order valence-electron chi connectivity index (χ3n) is 8.26. The van der Waals surface area contributed by atoms with Gasteiger partial charge in [-0.05, 0) is 48.1 Å². The van der Waals surface area contributed by atoms with Gasteiger partial charge >= 0.3 is 6.09 Å². The number of non-ortho nitro benzene ring substituents is 1. The van der Waals surface area contributed by atoms with Crippen LogP contribution in [0.1, 0.15) is 31.4 Å². The van der Waals surface area contributed by atoms with Gasteiger partial charge in [-0.15, -0.1) is 0 Å². The van der Waals surface area contributed by atoms with Crippen molar-refractivity contribution in [2.45, 2.75) is 62.7 Å². The number of carbonyl (C=O) groups excluding carboxylic acids is 1. The van der Waals surface area contributed by atoms with Crippen LogP contribution < -0.4 is 10.1 Å². The lowest BCUT2D eigenvalue weighted by Crippen LogP contribution is -2.51. The van der Waals surface area contributed by atoms with E-state index in [0.29, 0.717) is 25.4 Å². The molecule has 0 aliphatic carbocycles. The van der Waals surface area contributed by atoms with Crippen molar-refractivity contribution in [2.75, 3.05) is 26.3 Å². The van der Waals surface area contributed by atoms with Gasteiger partial charge in [0.2, 0.25) is 10.0 Å². The average Bonchev–Trinajstić information content (AvgIpc) is 3.69. The maximum atomic E-state index is 13.8. The van der Waals surface area contributed by atoms with Crippen molar-refractivity contribution in [3.63, 3.8) is 0 Å². The van der Waals surface area contributed by atoms with Crippen molar-refractivity contribution in [1.29, 1.82) is 0 Å². The number of nitrogens with zero attached hydrogens (tertiary/aromatic N) is 2. The van der Waals surface area contributed by atoms with Gasteiger partial charge in [0.05, 0.1) is 41.1 Å². The van der Waals surface area contributed by atoms with Crippen LogP contribution in [-0.2, 0) is 37.3 Å². The minimum absolute atomic E-state index is 0.0230. The summed E-state index contributed by atoms with van der Waals surface area (Å²) in [5.74, 6) is 0.395. The molecule has 2 saturated heterocycles. The Labute approximate surface area is 280 Å². The number of aliphatic hydroxyl groups excluding tert-OH is 1. The molecular formula is C34H41N3O10S. The van der Waals surface area contributed by atoms with Crippen LogP contribution in [0.15, 0.2) is 83.8 Å². The second-order valence-electron chi connectivity index (χ2n) is 12.4. The molecular weight excluding hydrogens is 642 g/mol. The van der Waals surface area contributed by atoms with Gasteiger partial charge in [-0.2, -0.15) is 4.31 Å². The number of amides is 1. The van der Waals surface area contributed by atoms with Crippen molar-refractivity contribution in [2.24, 2.45) is 11.8 Å². The summed E-state index contributed by atoms with van der Waals surface area (Å²) < 4.78 is 51.3. The smallest absolute Gasteiger partial charge is 0.407 e. The van der Waals surface area contributed by atoms with Gasteiger partial charge in [0.25, 0.3) is 5.69 Å². The van der Waals surface area contributed by atoms with E-state index in [2.05, 4.69) is 5.32 Å². The number of sulfonamides is 1. The van der Waals surface area contributed by atoms with E-state index in [1.54, 1.807) is 12.1 Å². The normalized spacial score (nSPS) is 20.3. The van der Waals surface area contributed by atoms with E-state index in [9.17, 15) is 28.4 Å². The van der Waals surface area contributed by atoms with E-state index in [4.69, 9.17) is 18.9 Å². The maximum Gasteiger partial charge on any atom is 0.407 e. The Balaban J connectivity index is 1.33. The molecule has 0 radical (unpaired) electrons. The summed E-state index contributed by atoms with van der Waals surface area (Å²) >= 11 is 0. The van der Waals surface area contributed by atoms with Crippen LogP contribution in [0.25, 0.3) is 0 Å². The number of alkyl carbamates (subject to hydrolysis) is 1. The first-order valence-electron chi connectivity index (χ1n) is 15.9. The third kappa shape index (κ3) is 9.08. The summed E-state index contributed by atoms with van der Waals surface area (Å²) in [5.41, 5.74) is 1.39. The minimum atomic E-state index is -4.27. The highest BCUT2D eigenvalue weighted by Crippen LogP contribution is 2.33. The third-order valence-corrected chi connectivity index (χ3v) is 10.1. The molecule has 2 fully saturated rings. The fourth-order valence-electron chi connectivity index (χ4n) is 5.79. The number of hydrogen-bond donors (Lipinski definition) is 2. The standard InChI is InChI=1S/C34H41N3O10S/c1-23(2)19-36(48(42,43)28-10-6-9-26(18-28)37(40)41)20-31(38)30(35-34(39)47-32-22-46-33-29(32)15-16-44-33)17-24-11-13-27(14-12-24)45-21-25-7-4-3-5-8-25/h3-14,18,23,29-33,38H,15-17,19-22H2,1-2H3,(H,35,39)/t29-,30-,31+,32?,33+/m0/s1. The Morgan fingerprint density at radius 3 is 2.50 bits per heavy atom. The van der Waals surface area contributed by atoms with Gasteiger partial charge in [-0.25, -0.2) is 13.2 Å².